The summed E-state index contributed by atoms with van der Waals surface area (Å²) in [4.78, 5) is 0. The van der Waals surface area contributed by atoms with Crippen LogP contribution in [0.15, 0.2) is 22.4 Å². The van der Waals surface area contributed by atoms with Gasteiger partial charge in [0.2, 0.25) is 0 Å². The lowest BCUT2D eigenvalue weighted by molar-refractivity contribution is 0.321. The summed E-state index contributed by atoms with van der Waals surface area (Å²) in [6.45, 7) is 0. The highest BCUT2D eigenvalue weighted by Gasteiger charge is 2.06. The lowest BCUT2D eigenvalue weighted by Crippen LogP contribution is -1.88. The molecule has 4 N–H and O–H groups in total. The maximum Gasteiger partial charge on any atom is 0.166 e. The first kappa shape index (κ1) is 9.85. The molecule has 0 aromatic heterocycles. The molecule has 0 saturated heterocycles. The molecule has 0 fully saturated rings. The average molecular weight is 196 g/mol. The third-order valence-corrected chi connectivity index (χ3v) is 1.55. The molecular weight excluding hydrogens is 188 g/mol. The first-order chi connectivity index (χ1) is 6.69. The highest BCUT2D eigenvalue weighted by molar-refractivity contribution is 5.89. The molecule has 14 heavy (non-hydrogen) atoms. The number of hydrogen-bond acceptors (Lipinski definition) is 6. The standard InChI is InChI=1S/C8H8N2O4/c11-7-2-5(3-9-13)1-6(4-10-14)8(7)12/h1-4,11-14H/b9-3-,10-4+. The maximum absolute atomic E-state index is 9.26. The van der Waals surface area contributed by atoms with Crippen LogP contribution in [0.2, 0.25) is 0 Å². The summed E-state index contributed by atoms with van der Waals surface area (Å²) in [6.07, 6.45) is 2.01. The second kappa shape index (κ2) is 4.13. The van der Waals surface area contributed by atoms with Crippen LogP contribution in [0.4, 0.5) is 0 Å². The molecule has 1 aromatic carbocycles. The predicted octanol–water partition coefficient (Wildman–Crippen LogP) is 0.714. The zero-order valence-corrected chi connectivity index (χ0v) is 6.99. The summed E-state index contributed by atoms with van der Waals surface area (Å²) in [5.41, 5.74) is 0.472. The fraction of sp³-hybridized carbons (Fsp3) is 0. The minimum Gasteiger partial charge on any atom is -0.504 e. The van der Waals surface area contributed by atoms with Crippen molar-refractivity contribution < 1.29 is 20.6 Å². The van der Waals surface area contributed by atoms with E-state index in [2.05, 4.69) is 10.3 Å². The first-order valence-corrected chi connectivity index (χ1v) is 3.60. The Hall–Kier alpha value is -2.24. The number of nitrogens with zero attached hydrogens (tertiary/aromatic N) is 2. The van der Waals surface area contributed by atoms with Gasteiger partial charge in [-0.2, -0.15) is 0 Å². The number of oxime groups is 2. The van der Waals surface area contributed by atoms with E-state index < -0.39 is 11.5 Å². The van der Waals surface area contributed by atoms with Gasteiger partial charge in [-0.1, -0.05) is 10.3 Å². The monoisotopic (exact) mass is 196 g/mol. The van der Waals surface area contributed by atoms with E-state index in [1.54, 1.807) is 0 Å². The number of phenolic OH excluding ortho intramolecular Hbond substituents is 2. The van der Waals surface area contributed by atoms with E-state index in [-0.39, 0.29) is 5.56 Å². The normalized spacial score (nSPS) is 11.4. The predicted molar refractivity (Wildman–Crippen MR) is 48.5 cm³/mol. The van der Waals surface area contributed by atoms with Crippen LogP contribution >= 0.6 is 0 Å². The number of rotatable bonds is 2. The zero-order chi connectivity index (χ0) is 10.6. The molecule has 0 unspecified atom stereocenters. The highest BCUT2D eigenvalue weighted by Crippen LogP contribution is 2.28. The van der Waals surface area contributed by atoms with E-state index >= 15 is 0 Å². The number of benzene rings is 1. The molecular formula is C8H8N2O4. The van der Waals surface area contributed by atoms with Gasteiger partial charge in [0, 0.05) is 11.1 Å². The van der Waals surface area contributed by atoms with Crippen LogP contribution in [0.3, 0.4) is 0 Å². The Morgan fingerprint density at radius 2 is 1.64 bits per heavy atom. The quantitative estimate of drug-likeness (QED) is 0.242. The van der Waals surface area contributed by atoms with Crippen LogP contribution in [0.5, 0.6) is 11.5 Å². The van der Waals surface area contributed by atoms with Crippen molar-refractivity contribution in [3.63, 3.8) is 0 Å². The van der Waals surface area contributed by atoms with Crippen molar-refractivity contribution in [1.29, 1.82) is 0 Å². The lowest BCUT2D eigenvalue weighted by Gasteiger charge is -2.02. The number of phenols is 2. The van der Waals surface area contributed by atoms with Crippen LogP contribution in [0, 0.1) is 0 Å². The minimum atomic E-state index is -0.405. The van der Waals surface area contributed by atoms with Crippen LogP contribution in [-0.2, 0) is 0 Å². The smallest absolute Gasteiger partial charge is 0.166 e. The molecule has 0 aliphatic heterocycles. The van der Waals surface area contributed by atoms with Gasteiger partial charge in [0.25, 0.3) is 0 Å². The van der Waals surface area contributed by atoms with Gasteiger partial charge in [0.15, 0.2) is 11.5 Å². The fourth-order valence-corrected chi connectivity index (χ4v) is 0.966. The van der Waals surface area contributed by atoms with E-state index in [0.717, 1.165) is 12.4 Å². The molecule has 0 aliphatic carbocycles. The van der Waals surface area contributed by atoms with Crippen molar-refractivity contribution in [3.05, 3.63) is 23.3 Å². The second-order valence-electron chi connectivity index (χ2n) is 2.47. The summed E-state index contributed by atoms with van der Waals surface area (Å²) < 4.78 is 0. The van der Waals surface area contributed by atoms with Gasteiger partial charge in [0.05, 0.1) is 12.4 Å². The van der Waals surface area contributed by atoms with Crippen molar-refractivity contribution in [3.8, 4) is 11.5 Å². The Morgan fingerprint density at radius 1 is 1.00 bits per heavy atom. The third kappa shape index (κ3) is 1.92. The largest absolute Gasteiger partial charge is 0.504 e. The van der Waals surface area contributed by atoms with Crippen molar-refractivity contribution in [2.45, 2.75) is 0 Å². The molecule has 1 aromatic rings. The van der Waals surface area contributed by atoms with Crippen LogP contribution in [-0.4, -0.2) is 33.1 Å². The highest BCUT2D eigenvalue weighted by atomic mass is 16.4. The molecule has 74 valence electrons. The van der Waals surface area contributed by atoms with Gasteiger partial charge in [-0.25, -0.2) is 0 Å². The molecule has 0 aliphatic rings. The van der Waals surface area contributed by atoms with Gasteiger partial charge in [-0.05, 0) is 12.1 Å². The molecule has 0 amide bonds. The molecule has 0 bridgehead atoms. The van der Waals surface area contributed by atoms with Gasteiger partial charge < -0.3 is 20.6 Å². The topological polar surface area (TPSA) is 106 Å². The summed E-state index contributed by atoms with van der Waals surface area (Å²) in [5, 5.41) is 40.4. The van der Waals surface area contributed by atoms with Crippen molar-refractivity contribution in [1.82, 2.24) is 0 Å². The van der Waals surface area contributed by atoms with Crippen molar-refractivity contribution in [2.75, 3.05) is 0 Å². The average Bonchev–Trinajstić information content (AvgIpc) is 2.14. The summed E-state index contributed by atoms with van der Waals surface area (Å²) in [6, 6.07) is 2.57. The Morgan fingerprint density at radius 3 is 2.21 bits per heavy atom. The van der Waals surface area contributed by atoms with E-state index in [0.29, 0.717) is 5.56 Å². The molecule has 0 spiro atoms. The Bertz CT molecular complexity index is 387. The van der Waals surface area contributed by atoms with Gasteiger partial charge in [0.1, 0.15) is 0 Å². The summed E-state index contributed by atoms with van der Waals surface area (Å²) in [7, 11) is 0. The van der Waals surface area contributed by atoms with E-state index in [4.69, 9.17) is 10.4 Å². The molecule has 6 nitrogen and oxygen atoms in total. The molecule has 0 saturated carbocycles. The zero-order valence-electron chi connectivity index (χ0n) is 6.99. The summed E-state index contributed by atoms with van der Waals surface area (Å²) in [5.74, 6) is -0.796. The maximum atomic E-state index is 9.26. The second-order valence-corrected chi connectivity index (χ2v) is 2.47. The molecule has 0 atom stereocenters. The number of aromatic hydroxyl groups is 2. The fourth-order valence-electron chi connectivity index (χ4n) is 0.966. The third-order valence-electron chi connectivity index (χ3n) is 1.55. The molecule has 0 heterocycles. The molecule has 1 rings (SSSR count). The van der Waals surface area contributed by atoms with E-state index in [1.807, 2.05) is 0 Å². The van der Waals surface area contributed by atoms with E-state index in [1.165, 1.54) is 12.1 Å². The molecule has 0 radical (unpaired) electrons. The van der Waals surface area contributed by atoms with Crippen LogP contribution < -0.4 is 0 Å². The van der Waals surface area contributed by atoms with Gasteiger partial charge in [-0.3, -0.25) is 0 Å². The SMILES string of the molecule is O/N=C\c1cc(O)c(O)c(/C=N/O)c1. The molecule has 6 heteroatoms. The Kier molecular flexibility index (Phi) is 2.90. The van der Waals surface area contributed by atoms with Gasteiger partial charge >= 0.3 is 0 Å². The number of hydrogen-bond donors (Lipinski definition) is 4. The Balaban J connectivity index is 3.27. The van der Waals surface area contributed by atoms with Gasteiger partial charge in [-0.15, -0.1) is 0 Å². The van der Waals surface area contributed by atoms with Crippen LogP contribution in [0.1, 0.15) is 11.1 Å². The van der Waals surface area contributed by atoms with Crippen molar-refractivity contribution in [2.24, 2.45) is 10.3 Å². The summed E-state index contributed by atoms with van der Waals surface area (Å²) >= 11 is 0. The Labute approximate surface area is 79.0 Å². The van der Waals surface area contributed by atoms with E-state index in [9.17, 15) is 10.2 Å². The lowest BCUT2D eigenvalue weighted by atomic mass is 10.1. The minimum absolute atomic E-state index is 0.113. The van der Waals surface area contributed by atoms with Crippen molar-refractivity contribution >= 4 is 12.4 Å². The first-order valence-electron chi connectivity index (χ1n) is 3.60. The van der Waals surface area contributed by atoms with Crippen LogP contribution in [0.25, 0.3) is 0 Å².